The zero-order chi connectivity index (χ0) is 38.8. The third-order valence-electron chi connectivity index (χ3n) is 9.07. The molecule has 3 heterocycles. The number of amides is 4. The predicted octanol–water partition coefficient (Wildman–Crippen LogP) is 2.51. The fraction of sp³-hybridized carbons (Fsp3) is 0.474. The Kier molecular flexibility index (Phi) is 13.4. The van der Waals surface area contributed by atoms with Crippen LogP contribution in [0.3, 0.4) is 0 Å². The van der Waals surface area contributed by atoms with Gasteiger partial charge in [-0.3, -0.25) is 24.0 Å². The molecule has 0 spiro atoms. The van der Waals surface area contributed by atoms with Crippen LogP contribution in [0.5, 0.6) is 23.0 Å². The largest absolute Gasteiger partial charge is 0.483 e. The van der Waals surface area contributed by atoms with E-state index < -0.39 is 42.1 Å². The molecular weight excluding hydrogens is 700 g/mol. The summed E-state index contributed by atoms with van der Waals surface area (Å²) in [4.78, 5) is 66.7. The Balaban J connectivity index is 1.20. The minimum atomic E-state index is -1.05. The van der Waals surface area contributed by atoms with Crippen molar-refractivity contribution < 1.29 is 48.0 Å². The number of carboxylic acid groups (broad SMARTS) is 1. The molecule has 5 rings (SSSR count). The van der Waals surface area contributed by atoms with Gasteiger partial charge >= 0.3 is 5.97 Å². The molecule has 0 saturated carbocycles. The summed E-state index contributed by atoms with van der Waals surface area (Å²) in [6.45, 7) is 7.20. The molecule has 16 nitrogen and oxygen atoms in total. The number of nitrogens with one attached hydrogen (secondary N) is 5. The van der Waals surface area contributed by atoms with E-state index in [9.17, 15) is 24.0 Å². The van der Waals surface area contributed by atoms with Crippen LogP contribution in [0.4, 0.5) is 0 Å². The van der Waals surface area contributed by atoms with E-state index in [1.54, 1.807) is 0 Å². The second-order valence-electron chi connectivity index (χ2n) is 13.4. The molecule has 6 atom stereocenters. The Morgan fingerprint density at radius 3 is 2.02 bits per heavy atom. The lowest BCUT2D eigenvalue weighted by atomic mass is 9.97. The highest BCUT2D eigenvalue weighted by atomic mass is 16.6. The first-order valence-electron chi connectivity index (χ1n) is 18.1. The molecule has 2 aromatic carbocycles. The third-order valence-corrected chi connectivity index (χ3v) is 9.07. The number of aromatic amines is 1. The van der Waals surface area contributed by atoms with Crippen LogP contribution in [-0.2, 0) is 36.8 Å². The average Bonchev–Trinajstić information content (AvgIpc) is 3.66. The first-order chi connectivity index (χ1) is 25.9. The number of benzene rings is 2. The van der Waals surface area contributed by atoms with E-state index in [0.29, 0.717) is 54.5 Å². The number of carbonyl (C=O) groups is 5. The molecule has 2 aliphatic heterocycles. The average molecular weight is 749 g/mol. The maximum Gasteiger partial charge on any atom is 0.303 e. The molecule has 0 saturated heterocycles. The number of aromatic nitrogens is 2. The number of nitrogens with zero attached hydrogens (tertiary/aromatic N) is 1. The van der Waals surface area contributed by atoms with Crippen LogP contribution >= 0.6 is 0 Å². The van der Waals surface area contributed by atoms with Gasteiger partial charge in [-0.15, -0.1) is 0 Å². The molecule has 3 aromatic rings. The summed E-state index contributed by atoms with van der Waals surface area (Å²) in [7, 11) is 0. The van der Waals surface area contributed by atoms with Gasteiger partial charge in [0.1, 0.15) is 24.3 Å². The number of H-pyrrole nitrogens is 1. The summed E-state index contributed by atoms with van der Waals surface area (Å²) >= 11 is 0. The van der Waals surface area contributed by atoms with Crippen molar-refractivity contribution in [1.29, 1.82) is 0 Å². The Labute approximate surface area is 313 Å². The van der Waals surface area contributed by atoms with Crippen molar-refractivity contribution in [2.45, 2.75) is 103 Å². The van der Waals surface area contributed by atoms with Crippen LogP contribution in [0.15, 0.2) is 48.9 Å². The fourth-order valence-corrected chi connectivity index (χ4v) is 6.46. The Hall–Kier alpha value is -5.80. The smallest absolute Gasteiger partial charge is 0.303 e. The van der Waals surface area contributed by atoms with Gasteiger partial charge in [0.2, 0.25) is 23.6 Å². The van der Waals surface area contributed by atoms with Crippen LogP contribution in [0.1, 0.15) is 76.2 Å². The highest BCUT2D eigenvalue weighted by molar-refractivity contribution is 5.88. The standard InChI is InChI=1S/C38H48N6O10/c1-5-6-30-36(53-29-11-8-24(17-31(29)52-30)14-16-41-38(50)34(44-23(4)46)27-19-39-20-42-27)35-21(2)51-28-10-7-25(18-32(28)54-35)13-15-40-37(49)26(43-22(3)45)9-12-33(47)48/h7-8,10-11,17-21,26,30,34-36H,5-6,9,12-16H2,1-4H3,(H,39,42)(H,40,49)(H,41,50)(H,43,45)(H,44,46)(H,47,48). The maximum absolute atomic E-state index is 12.9. The van der Waals surface area contributed by atoms with Crippen LogP contribution in [0.25, 0.3) is 0 Å². The van der Waals surface area contributed by atoms with Crippen LogP contribution < -0.4 is 40.2 Å². The highest BCUT2D eigenvalue weighted by Crippen LogP contribution is 2.41. The second-order valence-corrected chi connectivity index (χ2v) is 13.4. The summed E-state index contributed by atoms with van der Waals surface area (Å²) in [6.07, 6.45) is 3.49. The van der Waals surface area contributed by atoms with Gasteiger partial charge in [0.25, 0.3) is 0 Å². The third kappa shape index (κ3) is 10.4. The summed E-state index contributed by atoms with van der Waals surface area (Å²) in [6, 6.07) is 9.42. The molecular formula is C38H48N6O10. The first-order valence-corrected chi connectivity index (χ1v) is 18.1. The first kappa shape index (κ1) is 39.4. The molecule has 16 heteroatoms. The van der Waals surface area contributed by atoms with Gasteiger partial charge in [-0.05, 0) is 68.0 Å². The van der Waals surface area contributed by atoms with E-state index in [4.69, 9.17) is 24.1 Å². The SMILES string of the molecule is CCCC1Oc2cc(CCNC(=O)C(NC(C)=O)c3cnc[nH]3)ccc2OC1C1Oc2cc(CCNC(=O)C(CCC(=O)O)NC(C)=O)ccc2OC1C. The zero-order valence-electron chi connectivity index (χ0n) is 30.8. The molecule has 54 heavy (non-hydrogen) atoms. The van der Waals surface area contributed by atoms with E-state index in [-0.39, 0.29) is 43.4 Å². The molecule has 0 fully saturated rings. The number of fused-ring (bicyclic) bond motifs is 2. The number of carboxylic acids is 1. The van der Waals surface area contributed by atoms with Crippen molar-refractivity contribution in [1.82, 2.24) is 31.2 Å². The van der Waals surface area contributed by atoms with Gasteiger partial charge in [-0.25, -0.2) is 4.98 Å². The van der Waals surface area contributed by atoms with Gasteiger partial charge in [-0.2, -0.15) is 0 Å². The monoisotopic (exact) mass is 748 g/mol. The number of hydrogen-bond acceptors (Lipinski definition) is 10. The minimum absolute atomic E-state index is 0.0160. The van der Waals surface area contributed by atoms with Crippen LogP contribution in [0.2, 0.25) is 0 Å². The normalized spacial score (nSPS) is 19.5. The molecule has 6 N–H and O–H groups in total. The van der Waals surface area contributed by atoms with Gasteiger partial charge in [-0.1, -0.05) is 25.5 Å². The maximum atomic E-state index is 12.9. The number of hydrogen-bond donors (Lipinski definition) is 6. The van der Waals surface area contributed by atoms with Gasteiger partial charge < -0.3 is 50.3 Å². The Bertz CT molecular complexity index is 1800. The topological polar surface area (TPSA) is 219 Å². The summed E-state index contributed by atoms with van der Waals surface area (Å²) in [5.41, 5.74) is 2.29. The van der Waals surface area contributed by atoms with Gasteiger partial charge in [0.15, 0.2) is 35.2 Å². The molecule has 0 radical (unpaired) electrons. The number of carbonyl (C=O) groups excluding carboxylic acids is 4. The van der Waals surface area contributed by atoms with Crippen LogP contribution in [0, 0.1) is 0 Å². The lowest BCUT2D eigenvalue weighted by Gasteiger charge is -2.42. The fourth-order valence-electron chi connectivity index (χ4n) is 6.46. The predicted molar refractivity (Wildman–Crippen MR) is 194 cm³/mol. The van der Waals surface area contributed by atoms with E-state index in [1.165, 1.54) is 26.4 Å². The van der Waals surface area contributed by atoms with Gasteiger partial charge in [0.05, 0.1) is 18.2 Å². The lowest BCUT2D eigenvalue weighted by molar-refractivity contribution is -0.138. The number of imidazole rings is 1. The summed E-state index contributed by atoms with van der Waals surface area (Å²) in [5.74, 6) is -0.334. The van der Waals surface area contributed by atoms with Crippen LogP contribution in [-0.4, -0.2) is 88.2 Å². The molecule has 290 valence electrons. The second kappa shape index (κ2) is 18.3. The zero-order valence-corrected chi connectivity index (χ0v) is 30.8. The molecule has 0 bridgehead atoms. The van der Waals surface area contributed by atoms with Crippen molar-refractivity contribution in [2.24, 2.45) is 0 Å². The number of ether oxygens (including phenoxy) is 4. The molecule has 1 aromatic heterocycles. The van der Waals surface area contributed by atoms with Crippen molar-refractivity contribution in [3.63, 3.8) is 0 Å². The number of aliphatic carboxylic acids is 1. The summed E-state index contributed by atoms with van der Waals surface area (Å²) < 4.78 is 26.0. The minimum Gasteiger partial charge on any atom is -0.483 e. The molecule has 0 aliphatic carbocycles. The highest BCUT2D eigenvalue weighted by Gasteiger charge is 2.44. The Morgan fingerprint density at radius 2 is 1.43 bits per heavy atom. The quantitative estimate of drug-likeness (QED) is 0.118. The molecule has 4 amide bonds. The van der Waals surface area contributed by atoms with Crippen molar-refractivity contribution in [3.05, 3.63) is 65.7 Å². The van der Waals surface area contributed by atoms with Crippen molar-refractivity contribution >= 4 is 29.6 Å². The van der Waals surface area contributed by atoms with E-state index in [0.717, 1.165) is 17.5 Å². The van der Waals surface area contributed by atoms with Crippen molar-refractivity contribution in [3.8, 4) is 23.0 Å². The Morgan fingerprint density at radius 1 is 0.815 bits per heavy atom. The summed E-state index contributed by atoms with van der Waals surface area (Å²) in [5, 5.41) is 19.8. The van der Waals surface area contributed by atoms with Gasteiger partial charge in [0, 0.05) is 33.4 Å². The van der Waals surface area contributed by atoms with E-state index in [1.807, 2.05) is 43.3 Å². The van der Waals surface area contributed by atoms with E-state index >= 15 is 0 Å². The van der Waals surface area contributed by atoms with E-state index in [2.05, 4.69) is 38.2 Å². The van der Waals surface area contributed by atoms with Crippen molar-refractivity contribution in [2.75, 3.05) is 13.1 Å². The molecule has 6 unspecified atom stereocenters. The number of rotatable bonds is 17. The molecule has 2 aliphatic rings. The lowest BCUT2D eigenvalue weighted by Crippen LogP contribution is -2.56.